The Kier molecular flexibility index (Phi) is 9.52. The van der Waals surface area contributed by atoms with Gasteiger partial charge in [0, 0.05) is 35.7 Å². The predicted molar refractivity (Wildman–Crippen MR) is 131 cm³/mol. The Balaban J connectivity index is 1.92. The maximum absolute atomic E-state index is 13.2. The minimum absolute atomic E-state index is 0.151. The van der Waals surface area contributed by atoms with Crippen LogP contribution >= 0.6 is 11.6 Å². The third kappa shape index (κ3) is 8.61. The summed E-state index contributed by atoms with van der Waals surface area (Å²) in [5.74, 6) is -7.57. The summed E-state index contributed by atoms with van der Waals surface area (Å²) in [5, 5.41) is 12.3. The van der Waals surface area contributed by atoms with Crippen LogP contribution in [-0.2, 0) is 20.8 Å². The highest BCUT2D eigenvalue weighted by atomic mass is 35.5. The standard InChI is InChI=1S/C26H25ClF6N2O4/c27-16-5-3-6-17(13-16)35-14-20(22(36)12-15-4-1-2-7-21(15)35)34-23(37)18(8-10-25(28,29)30)19(24(38)39)9-11-26(31,32)33/h1-7,13,18-20H,8-12,14H2,(H,34,37)(H,38,39)/t18-,19+,20+/m1/s1. The molecule has 0 radical (unpaired) electrons. The lowest BCUT2D eigenvalue weighted by Crippen LogP contribution is -2.50. The fourth-order valence-corrected chi connectivity index (χ4v) is 4.75. The van der Waals surface area contributed by atoms with E-state index >= 15 is 0 Å². The van der Waals surface area contributed by atoms with Crippen LogP contribution in [0.2, 0.25) is 5.02 Å². The van der Waals surface area contributed by atoms with Crippen molar-refractivity contribution >= 4 is 40.6 Å². The highest BCUT2D eigenvalue weighted by Crippen LogP contribution is 2.35. The molecule has 3 atom stereocenters. The van der Waals surface area contributed by atoms with Crippen LogP contribution in [0.1, 0.15) is 31.2 Å². The van der Waals surface area contributed by atoms with Gasteiger partial charge >= 0.3 is 18.3 Å². The highest BCUT2D eigenvalue weighted by Gasteiger charge is 2.41. The highest BCUT2D eigenvalue weighted by molar-refractivity contribution is 6.30. The topological polar surface area (TPSA) is 86.7 Å². The van der Waals surface area contributed by atoms with Gasteiger partial charge in [-0.15, -0.1) is 0 Å². The average molecular weight is 579 g/mol. The number of carbonyl (C=O) groups is 3. The number of Topliss-reactive ketones (excluding diaryl/α,β-unsaturated/α-hetero) is 1. The number of carboxylic acids is 1. The van der Waals surface area contributed by atoms with Crippen molar-refractivity contribution in [2.45, 2.75) is 50.5 Å². The summed E-state index contributed by atoms with van der Waals surface area (Å²) < 4.78 is 77.4. The number of rotatable bonds is 9. The van der Waals surface area contributed by atoms with E-state index in [9.17, 15) is 45.8 Å². The van der Waals surface area contributed by atoms with Gasteiger partial charge in [-0.1, -0.05) is 35.9 Å². The van der Waals surface area contributed by atoms with Gasteiger partial charge in [-0.25, -0.2) is 0 Å². The first-order chi connectivity index (χ1) is 18.1. The fraction of sp³-hybridized carbons (Fsp3) is 0.423. The zero-order valence-electron chi connectivity index (χ0n) is 20.4. The molecule has 0 unspecified atom stereocenters. The van der Waals surface area contributed by atoms with Crippen molar-refractivity contribution in [1.29, 1.82) is 0 Å². The van der Waals surface area contributed by atoms with Crippen LogP contribution in [0.3, 0.4) is 0 Å². The Bertz CT molecular complexity index is 1200. The summed E-state index contributed by atoms with van der Waals surface area (Å²) in [7, 11) is 0. The van der Waals surface area contributed by atoms with Crippen LogP contribution in [0.15, 0.2) is 48.5 Å². The molecule has 1 amide bonds. The van der Waals surface area contributed by atoms with Crippen LogP contribution in [0, 0.1) is 11.8 Å². The largest absolute Gasteiger partial charge is 0.481 e. The van der Waals surface area contributed by atoms with Crippen LogP contribution in [-0.4, -0.2) is 47.7 Å². The number of carbonyl (C=O) groups excluding carboxylic acids is 2. The molecular formula is C26H25ClF6N2O4. The van der Waals surface area contributed by atoms with E-state index in [0.717, 1.165) is 0 Å². The number of nitrogens with one attached hydrogen (secondary N) is 1. The summed E-state index contributed by atoms with van der Waals surface area (Å²) >= 11 is 6.13. The van der Waals surface area contributed by atoms with Gasteiger partial charge in [0.05, 0.1) is 18.4 Å². The zero-order valence-corrected chi connectivity index (χ0v) is 21.1. The molecule has 6 nitrogen and oxygen atoms in total. The van der Waals surface area contributed by atoms with Gasteiger partial charge in [-0.05, 0) is 42.7 Å². The van der Waals surface area contributed by atoms with Gasteiger partial charge in [-0.2, -0.15) is 26.3 Å². The summed E-state index contributed by atoms with van der Waals surface area (Å²) in [5.41, 5.74) is 1.76. The van der Waals surface area contributed by atoms with Crippen LogP contribution in [0.5, 0.6) is 0 Å². The van der Waals surface area contributed by atoms with Crippen molar-refractivity contribution in [3.63, 3.8) is 0 Å². The van der Waals surface area contributed by atoms with E-state index in [4.69, 9.17) is 11.6 Å². The Morgan fingerprint density at radius 2 is 1.59 bits per heavy atom. The molecule has 0 spiro atoms. The second kappa shape index (κ2) is 12.3. The molecule has 1 aliphatic rings. The number of aliphatic carboxylic acids is 1. The number of fused-ring (bicyclic) bond motifs is 1. The van der Waals surface area contributed by atoms with Gasteiger partial charge in [0.15, 0.2) is 5.78 Å². The molecule has 2 aromatic carbocycles. The third-order valence-corrected chi connectivity index (χ3v) is 6.69. The molecule has 0 saturated carbocycles. The number of carboxylic acid groups (broad SMARTS) is 1. The van der Waals surface area contributed by atoms with E-state index in [2.05, 4.69) is 5.32 Å². The van der Waals surface area contributed by atoms with Gasteiger partial charge in [0.2, 0.25) is 5.91 Å². The van der Waals surface area contributed by atoms with E-state index in [1.165, 1.54) is 0 Å². The van der Waals surface area contributed by atoms with Crippen molar-refractivity contribution in [2.75, 3.05) is 11.4 Å². The second-order valence-corrected chi connectivity index (χ2v) is 9.72. The summed E-state index contributed by atoms with van der Waals surface area (Å²) in [6, 6.07) is 12.1. The number of halogens is 7. The SMILES string of the molecule is O=C1Cc2ccccc2N(c2cccc(Cl)c2)C[C@@H]1NC(=O)[C@H](CCC(F)(F)F)[C@H](CCC(F)(F)F)C(=O)O. The molecule has 3 rings (SSSR count). The van der Waals surface area contributed by atoms with E-state index in [-0.39, 0.29) is 13.0 Å². The lowest BCUT2D eigenvalue weighted by molar-refractivity contribution is -0.159. The fourth-order valence-electron chi connectivity index (χ4n) is 4.56. The third-order valence-electron chi connectivity index (χ3n) is 6.45. The number of anilines is 2. The Morgan fingerprint density at radius 1 is 0.974 bits per heavy atom. The van der Waals surface area contributed by atoms with E-state index in [1.54, 1.807) is 53.4 Å². The van der Waals surface area contributed by atoms with Crippen molar-refractivity contribution in [2.24, 2.45) is 11.8 Å². The van der Waals surface area contributed by atoms with Crippen molar-refractivity contribution in [3.8, 4) is 0 Å². The van der Waals surface area contributed by atoms with Gasteiger partial charge < -0.3 is 15.3 Å². The number of alkyl halides is 6. The summed E-state index contributed by atoms with van der Waals surface area (Å²) in [4.78, 5) is 39.8. The molecular weight excluding hydrogens is 554 g/mol. The minimum Gasteiger partial charge on any atom is -0.481 e. The number of ketones is 1. The second-order valence-electron chi connectivity index (χ2n) is 9.28. The zero-order chi connectivity index (χ0) is 29.0. The smallest absolute Gasteiger partial charge is 0.389 e. The number of hydrogen-bond acceptors (Lipinski definition) is 4. The first-order valence-corrected chi connectivity index (χ1v) is 12.3. The molecule has 2 N–H and O–H groups in total. The average Bonchev–Trinajstić information content (AvgIpc) is 2.95. The van der Waals surface area contributed by atoms with Gasteiger partial charge in [0.25, 0.3) is 0 Å². The Hall–Kier alpha value is -3.28. The van der Waals surface area contributed by atoms with E-state index in [0.29, 0.717) is 22.0 Å². The molecule has 0 bridgehead atoms. The predicted octanol–water partition coefficient (Wildman–Crippen LogP) is 6.09. The number of amides is 1. The molecule has 39 heavy (non-hydrogen) atoms. The summed E-state index contributed by atoms with van der Waals surface area (Å²) in [6.45, 7) is -0.172. The maximum atomic E-state index is 13.2. The van der Waals surface area contributed by atoms with Gasteiger partial charge in [0.1, 0.15) is 6.04 Å². The minimum atomic E-state index is -4.78. The molecule has 13 heteroatoms. The van der Waals surface area contributed by atoms with Gasteiger partial charge in [-0.3, -0.25) is 14.4 Å². The maximum Gasteiger partial charge on any atom is 0.389 e. The monoisotopic (exact) mass is 578 g/mol. The number of para-hydroxylation sites is 1. The molecule has 0 fully saturated rings. The van der Waals surface area contributed by atoms with E-state index < -0.39 is 73.6 Å². The van der Waals surface area contributed by atoms with Crippen LogP contribution in [0.4, 0.5) is 37.7 Å². The number of hydrogen-bond donors (Lipinski definition) is 2. The molecule has 212 valence electrons. The van der Waals surface area contributed by atoms with Crippen LogP contribution < -0.4 is 10.2 Å². The molecule has 0 aliphatic carbocycles. The van der Waals surface area contributed by atoms with Crippen molar-refractivity contribution < 1.29 is 45.8 Å². The molecule has 0 saturated heterocycles. The number of nitrogens with zero attached hydrogens (tertiary/aromatic N) is 1. The Morgan fingerprint density at radius 3 is 2.18 bits per heavy atom. The quantitative estimate of drug-likeness (QED) is 0.352. The van der Waals surface area contributed by atoms with Crippen LogP contribution in [0.25, 0.3) is 0 Å². The Labute approximate surface area is 224 Å². The summed E-state index contributed by atoms with van der Waals surface area (Å²) in [6.07, 6.45) is -15.0. The first kappa shape index (κ1) is 30.3. The molecule has 2 aromatic rings. The molecule has 1 heterocycles. The lowest BCUT2D eigenvalue weighted by atomic mass is 9.83. The lowest BCUT2D eigenvalue weighted by Gasteiger charge is -2.30. The van der Waals surface area contributed by atoms with Crippen molar-refractivity contribution in [3.05, 3.63) is 59.1 Å². The first-order valence-electron chi connectivity index (χ1n) is 11.9. The van der Waals surface area contributed by atoms with Crippen molar-refractivity contribution in [1.82, 2.24) is 5.32 Å². The number of benzene rings is 2. The molecule has 0 aromatic heterocycles. The molecule has 1 aliphatic heterocycles. The normalized spacial score (nSPS) is 17.7. The van der Waals surface area contributed by atoms with E-state index in [1.807, 2.05) is 0 Å².